The van der Waals surface area contributed by atoms with E-state index in [1.165, 1.54) is 0 Å². The van der Waals surface area contributed by atoms with Gasteiger partial charge in [0.05, 0.1) is 0 Å². The lowest BCUT2D eigenvalue weighted by Gasteiger charge is -2.11. The van der Waals surface area contributed by atoms with Gasteiger partial charge in [-0.25, -0.2) is 9.97 Å². The molecule has 0 aliphatic carbocycles. The van der Waals surface area contributed by atoms with E-state index >= 15 is 0 Å². The van der Waals surface area contributed by atoms with E-state index in [4.69, 9.17) is 0 Å². The minimum absolute atomic E-state index is 0.947. The Morgan fingerprint density at radius 1 is 1.21 bits per heavy atom. The molecule has 0 aliphatic heterocycles. The Labute approximate surface area is 121 Å². The van der Waals surface area contributed by atoms with Gasteiger partial charge in [0.2, 0.25) is 0 Å². The monoisotopic (exact) mass is 282 g/mol. The minimum atomic E-state index is 0.947. The number of rotatable bonds is 9. The first kappa shape index (κ1) is 16.2. The van der Waals surface area contributed by atoms with Gasteiger partial charge >= 0.3 is 0 Å². The molecule has 1 heterocycles. The van der Waals surface area contributed by atoms with Gasteiger partial charge in [0, 0.05) is 31.3 Å². The molecule has 0 amide bonds. The molecular formula is C14H26N4S. The summed E-state index contributed by atoms with van der Waals surface area (Å²) in [7, 11) is 4.19. The average Bonchev–Trinajstić information content (AvgIpc) is 2.36. The fourth-order valence-electron chi connectivity index (χ4n) is 1.56. The molecule has 0 saturated carbocycles. The number of hydrogen-bond acceptors (Lipinski definition) is 5. The van der Waals surface area contributed by atoms with Gasteiger partial charge in [-0.15, -0.1) is 11.8 Å². The van der Waals surface area contributed by atoms with E-state index in [2.05, 4.69) is 54.2 Å². The fourth-order valence-corrected chi connectivity index (χ4v) is 2.59. The van der Waals surface area contributed by atoms with E-state index in [-0.39, 0.29) is 0 Å². The molecular weight excluding hydrogens is 256 g/mol. The molecule has 1 N–H and O–H groups in total. The summed E-state index contributed by atoms with van der Waals surface area (Å²) in [6.07, 6.45) is 3.14. The van der Waals surface area contributed by atoms with Crippen LogP contribution in [0.1, 0.15) is 32.5 Å². The van der Waals surface area contributed by atoms with Crippen molar-refractivity contribution in [1.82, 2.24) is 14.9 Å². The maximum absolute atomic E-state index is 4.62. The molecule has 0 aromatic carbocycles. The van der Waals surface area contributed by atoms with Crippen LogP contribution in [0, 0.1) is 0 Å². The predicted molar refractivity (Wildman–Crippen MR) is 84.1 cm³/mol. The van der Waals surface area contributed by atoms with Crippen LogP contribution in [0.15, 0.2) is 11.1 Å². The number of nitrogens with zero attached hydrogens (tertiary/aromatic N) is 3. The zero-order chi connectivity index (χ0) is 14.1. The number of anilines is 1. The summed E-state index contributed by atoms with van der Waals surface area (Å²) >= 11 is 1.80. The van der Waals surface area contributed by atoms with Gasteiger partial charge < -0.3 is 10.2 Å². The van der Waals surface area contributed by atoms with Crippen LogP contribution >= 0.6 is 11.8 Å². The Morgan fingerprint density at radius 2 is 2.00 bits per heavy atom. The molecule has 1 aromatic heterocycles. The van der Waals surface area contributed by atoms with Crippen molar-refractivity contribution in [2.75, 3.05) is 38.3 Å². The number of aryl methyl sites for hydroxylation is 1. The van der Waals surface area contributed by atoms with Crippen molar-refractivity contribution in [2.24, 2.45) is 0 Å². The molecule has 1 aromatic rings. The van der Waals surface area contributed by atoms with Crippen LogP contribution in [-0.2, 0) is 6.42 Å². The molecule has 0 fully saturated rings. The highest BCUT2D eigenvalue weighted by Crippen LogP contribution is 2.19. The molecule has 0 saturated heterocycles. The first-order valence-electron chi connectivity index (χ1n) is 7.05. The van der Waals surface area contributed by atoms with Gasteiger partial charge in [0.15, 0.2) is 0 Å². The third-order valence-electron chi connectivity index (χ3n) is 2.57. The van der Waals surface area contributed by atoms with Crippen LogP contribution in [0.3, 0.4) is 0 Å². The van der Waals surface area contributed by atoms with Gasteiger partial charge in [0.25, 0.3) is 0 Å². The molecule has 1 rings (SSSR count). The Hall–Kier alpha value is -0.810. The number of hydrogen-bond donors (Lipinski definition) is 1. The van der Waals surface area contributed by atoms with Gasteiger partial charge in [0.1, 0.15) is 16.7 Å². The molecule has 0 spiro atoms. The highest BCUT2D eigenvalue weighted by atomic mass is 32.2. The van der Waals surface area contributed by atoms with Crippen LogP contribution in [0.25, 0.3) is 0 Å². The van der Waals surface area contributed by atoms with Crippen LogP contribution < -0.4 is 5.32 Å². The van der Waals surface area contributed by atoms with Crippen LogP contribution in [0.4, 0.5) is 5.82 Å². The standard InChI is InChI=1S/C14H26N4S/c1-5-7-12-16-13(15-8-6-2)11-14(17-12)19-10-9-18(3)4/h11H,5-10H2,1-4H3,(H,15,16,17). The SMILES string of the molecule is CCCNc1cc(SCCN(C)C)nc(CCC)n1. The zero-order valence-electron chi connectivity index (χ0n) is 12.6. The predicted octanol–water partition coefficient (Wildman–Crippen LogP) is 2.90. The summed E-state index contributed by atoms with van der Waals surface area (Å²) in [6.45, 7) is 6.35. The van der Waals surface area contributed by atoms with Crippen molar-refractivity contribution < 1.29 is 0 Å². The third kappa shape index (κ3) is 6.78. The smallest absolute Gasteiger partial charge is 0.132 e. The number of thioether (sulfide) groups is 1. The highest BCUT2D eigenvalue weighted by Gasteiger charge is 2.05. The molecule has 0 bridgehead atoms. The summed E-state index contributed by atoms with van der Waals surface area (Å²) in [6, 6.07) is 2.06. The van der Waals surface area contributed by atoms with Crippen molar-refractivity contribution >= 4 is 17.6 Å². The second-order valence-electron chi connectivity index (χ2n) is 4.84. The lowest BCUT2D eigenvalue weighted by molar-refractivity contribution is 0.437. The summed E-state index contributed by atoms with van der Waals surface area (Å²) < 4.78 is 0. The Kier molecular flexibility index (Phi) is 7.82. The van der Waals surface area contributed by atoms with E-state index in [1.54, 1.807) is 11.8 Å². The molecule has 108 valence electrons. The quantitative estimate of drug-likeness (QED) is 0.557. The molecule has 4 nitrogen and oxygen atoms in total. The van der Waals surface area contributed by atoms with Crippen molar-refractivity contribution in [1.29, 1.82) is 0 Å². The van der Waals surface area contributed by atoms with E-state index in [9.17, 15) is 0 Å². The Balaban J connectivity index is 2.68. The number of aromatic nitrogens is 2. The van der Waals surface area contributed by atoms with Gasteiger partial charge in [-0.1, -0.05) is 13.8 Å². The fraction of sp³-hybridized carbons (Fsp3) is 0.714. The van der Waals surface area contributed by atoms with Crippen LogP contribution in [0.5, 0.6) is 0 Å². The second-order valence-corrected chi connectivity index (χ2v) is 5.95. The second kappa shape index (κ2) is 9.15. The minimum Gasteiger partial charge on any atom is -0.370 e. The lowest BCUT2D eigenvalue weighted by Crippen LogP contribution is -2.15. The number of nitrogens with one attached hydrogen (secondary N) is 1. The van der Waals surface area contributed by atoms with Crippen molar-refractivity contribution in [2.45, 2.75) is 38.1 Å². The average molecular weight is 282 g/mol. The maximum Gasteiger partial charge on any atom is 0.132 e. The van der Waals surface area contributed by atoms with Crippen LogP contribution in [0.2, 0.25) is 0 Å². The van der Waals surface area contributed by atoms with E-state index < -0.39 is 0 Å². The molecule has 0 atom stereocenters. The topological polar surface area (TPSA) is 41.0 Å². The van der Waals surface area contributed by atoms with Gasteiger partial charge in [-0.2, -0.15) is 0 Å². The normalized spacial score (nSPS) is 11.0. The van der Waals surface area contributed by atoms with E-state index in [1.807, 2.05) is 0 Å². The largest absolute Gasteiger partial charge is 0.370 e. The zero-order valence-corrected chi connectivity index (χ0v) is 13.4. The summed E-state index contributed by atoms with van der Waals surface area (Å²) in [4.78, 5) is 11.4. The molecule has 19 heavy (non-hydrogen) atoms. The highest BCUT2D eigenvalue weighted by molar-refractivity contribution is 7.99. The Bertz CT molecular complexity index is 368. The van der Waals surface area contributed by atoms with E-state index in [0.29, 0.717) is 0 Å². The Morgan fingerprint density at radius 3 is 2.63 bits per heavy atom. The third-order valence-corrected chi connectivity index (χ3v) is 3.46. The summed E-state index contributed by atoms with van der Waals surface area (Å²) in [5, 5.41) is 4.44. The first-order chi connectivity index (χ1) is 9.15. The molecule has 0 aliphatic rings. The van der Waals surface area contributed by atoms with Crippen molar-refractivity contribution in [3.8, 4) is 0 Å². The molecule has 0 unspecified atom stereocenters. The van der Waals surface area contributed by atoms with Gasteiger partial charge in [-0.05, 0) is 26.9 Å². The van der Waals surface area contributed by atoms with Gasteiger partial charge in [-0.3, -0.25) is 0 Å². The van der Waals surface area contributed by atoms with Crippen molar-refractivity contribution in [3.63, 3.8) is 0 Å². The van der Waals surface area contributed by atoms with E-state index in [0.717, 1.165) is 54.8 Å². The van der Waals surface area contributed by atoms with Crippen LogP contribution in [-0.4, -0.2) is 47.8 Å². The molecule has 0 radical (unpaired) electrons. The molecule has 5 heteroatoms. The summed E-state index contributed by atoms with van der Waals surface area (Å²) in [5.41, 5.74) is 0. The first-order valence-corrected chi connectivity index (χ1v) is 8.03. The summed E-state index contributed by atoms with van der Waals surface area (Å²) in [5.74, 6) is 2.98. The maximum atomic E-state index is 4.62. The lowest BCUT2D eigenvalue weighted by atomic mass is 10.3. The van der Waals surface area contributed by atoms with Crippen molar-refractivity contribution in [3.05, 3.63) is 11.9 Å².